The van der Waals surface area contributed by atoms with E-state index in [1.807, 2.05) is 21.6 Å². The van der Waals surface area contributed by atoms with Gasteiger partial charge in [-0.2, -0.15) is 0 Å². The molecule has 0 saturated heterocycles. The minimum Gasteiger partial charge on any atom is -0.0890 e. The molecule has 0 aromatic rings. The Morgan fingerprint density at radius 1 is 0.909 bits per heavy atom. The summed E-state index contributed by atoms with van der Waals surface area (Å²) >= 11 is 0. The average molecular weight is 182 g/mol. The summed E-state index contributed by atoms with van der Waals surface area (Å²) < 4.78 is 0. The highest BCUT2D eigenvalue weighted by Crippen LogP contribution is 2.34. The molecule has 2 rings (SSSR count). The van der Waals surface area contributed by atoms with Gasteiger partial charge in [0, 0.05) is 11.5 Å². The maximum absolute atomic E-state index is 2.28. The van der Waals surface area contributed by atoms with Gasteiger partial charge in [0.1, 0.15) is 0 Å². The Morgan fingerprint density at radius 3 is 2.00 bits per heavy atom. The fourth-order valence-electron chi connectivity index (χ4n) is 1.21. The molecule has 1 aliphatic carbocycles. The topological polar surface area (TPSA) is 0 Å². The Labute approximate surface area is 75.2 Å². The van der Waals surface area contributed by atoms with Crippen LogP contribution in [0.15, 0.2) is 35.5 Å². The number of rotatable bonds is 0. The van der Waals surface area contributed by atoms with Crippen molar-refractivity contribution in [1.82, 2.24) is 0 Å². The molecule has 2 aliphatic rings. The predicted molar refractivity (Wildman–Crippen MR) is 54.8 cm³/mol. The van der Waals surface area contributed by atoms with E-state index >= 15 is 0 Å². The van der Waals surface area contributed by atoms with E-state index in [2.05, 4.69) is 24.3 Å². The van der Waals surface area contributed by atoms with Crippen molar-refractivity contribution in [1.29, 1.82) is 0 Å². The van der Waals surface area contributed by atoms with Crippen molar-refractivity contribution in [2.45, 2.75) is 6.42 Å². The first-order chi connectivity index (χ1) is 5.47. The molecule has 0 unspecified atom stereocenters. The van der Waals surface area contributed by atoms with Crippen LogP contribution in [0.4, 0.5) is 0 Å². The summed E-state index contributed by atoms with van der Waals surface area (Å²) in [7, 11) is 3.93. The lowest BCUT2D eigenvalue weighted by molar-refractivity contribution is 1.40. The molecule has 0 nitrogen and oxygen atoms in total. The molecule has 1 aliphatic heterocycles. The molecule has 0 amide bonds. The van der Waals surface area contributed by atoms with Crippen molar-refractivity contribution in [2.75, 3.05) is 11.5 Å². The molecule has 0 spiro atoms. The summed E-state index contributed by atoms with van der Waals surface area (Å²) in [6, 6.07) is 0. The predicted octanol–water partition coefficient (Wildman–Crippen LogP) is 3.19. The first kappa shape index (κ1) is 7.56. The van der Waals surface area contributed by atoms with Gasteiger partial charge in [-0.05, 0) is 17.6 Å². The van der Waals surface area contributed by atoms with Crippen LogP contribution in [0, 0.1) is 0 Å². The Kier molecular flexibility index (Phi) is 2.44. The van der Waals surface area contributed by atoms with Gasteiger partial charge in [-0.15, -0.1) is 0 Å². The third-order valence-electron chi connectivity index (χ3n) is 1.83. The Morgan fingerprint density at radius 2 is 1.45 bits per heavy atom. The van der Waals surface area contributed by atoms with Gasteiger partial charge in [-0.25, -0.2) is 0 Å². The third-order valence-corrected chi connectivity index (χ3v) is 4.07. The van der Waals surface area contributed by atoms with Gasteiger partial charge in [-0.3, -0.25) is 0 Å². The highest BCUT2D eigenvalue weighted by Gasteiger charge is 2.09. The second kappa shape index (κ2) is 3.55. The van der Waals surface area contributed by atoms with Gasteiger partial charge < -0.3 is 0 Å². The summed E-state index contributed by atoms with van der Waals surface area (Å²) in [6.07, 6.45) is 10.2. The molecule has 1 heterocycles. The molecule has 0 bridgehead atoms. The van der Waals surface area contributed by atoms with Crippen molar-refractivity contribution in [3.05, 3.63) is 35.5 Å². The summed E-state index contributed by atoms with van der Waals surface area (Å²) in [6.45, 7) is 0. The minimum absolute atomic E-state index is 1.10. The van der Waals surface area contributed by atoms with Gasteiger partial charge in [0.15, 0.2) is 0 Å². The Bertz CT molecular complexity index is 212. The van der Waals surface area contributed by atoms with Crippen molar-refractivity contribution in [3.63, 3.8) is 0 Å². The van der Waals surface area contributed by atoms with Crippen LogP contribution in [-0.2, 0) is 0 Å². The molecular weight excluding hydrogens is 172 g/mol. The summed E-state index contributed by atoms with van der Waals surface area (Å²) in [5.74, 6) is 2.36. The van der Waals surface area contributed by atoms with Crippen LogP contribution in [-0.4, -0.2) is 11.5 Å². The second-order valence-corrected chi connectivity index (χ2v) is 5.08. The lowest BCUT2D eigenvalue weighted by Crippen LogP contribution is -1.96. The SMILES string of the molecule is C1=CC2=C(C=CC1)CSSC2. The number of allylic oxidation sites excluding steroid dienone is 4. The van der Waals surface area contributed by atoms with E-state index in [4.69, 9.17) is 0 Å². The molecule has 2 heteroatoms. The van der Waals surface area contributed by atoms with E-state index < -0.39 is 0 Å². The van der Waals surface area contributed by atoms with Crippen LogP contribution in [0.2, 0.25) is 0 Å². The zero-order chi connectivity index (χ0) is 7.52. The molecule has 11 heavy (non-hydrogen) atoms. The average Bonchev–Trinajstić information content (AvgIpc) is 2.28. The molecule has 0 aromatic heterocycles. The van der Waals surface area contributed by atoms with E-state index in [1.54, 1.807) is 0 Å². The van der Waals surface area contributed by atoms with Crippen molar-refractivity contribution >= 4 is 21.6 Å². The summed E-state index contributed by atoms with van der Waals surface area (Å²) in [5, 5.41) is 0. The normalized spacial score (nSPS) is 23.3. The van der Waals surface area contributed by atoms with Crippen LogP contribution in [0.25, 0.3) is 0 Å². The molecule has 58 valence electrons. The molecular formula is C9H10S2. The molecule has 0 N–H and O–H groups in total. The van der Waals surface area contributed by atoms with Gasteiger partial charge in [0.05, 0.1) is 0 Å². The number of hydrogen-bond acceptors (Lipinski definition) is 2. The fourth-order valence-corrected chi connectivity index (χ4v) is 3.45. The monoisotopic (exact) mass is 182 g/mol. The third kappa shape index (κ3) is 1.74. The van der Waals surface area contributed by atoms with Crippen LogP contribution in [0.3, 0.4) is 0 Å². The van der Waals surface area contributed by atoms with E-state index in [0.717, 1.165) is 6.42 Å². The fraction of sp³-hybridized carbons (Fsp3) is 0.333. The Balaban J connectivity index is 2.31. The van der Waals surface area contributed by atoms with Gasteiger partial charge in [-0.1, -0.05) is 45.9 Å². The highest BCUT2D eigenvalue weighted by atomic mass is 33.1. The van der Waals surface area contributed by atoms with Crippen LogP contribution >= 0.6 is 21.6 Å². The minimum atomic E-state index is 1.10. The van der Waals surface area contributed by atoms with E-state index in [-0.39, 0.29) is 0 Å². The van der Waals surface area contributed by atoms with E-state index in [9.17, 15) is 0 Å². The van der Waals surface area contributed by atoms with E-state index in [0.29, 0.717) is 0 Å². The van der Waals surface area contributed by atoms with E-state index in [1.165, 1.54) is 22.7 Å². The molecule has 0 saturated carbocycles. The lowest BCUT2D eigenvalue weighted by atomic mass is 10.1. The van der Waals surface area contributed by atoms with Crippen molar-refractivity contribution in [2.24, 2.45) is 0 Å². The molecule has 0 aromatic carbocycles. The van der Waals surface area contributed by atoms with Crippen LogP contribution in [0.5, 0.6) is 0 Å². The lowest BCUT2D eigenvalue weighted by Gasteiger charge is -2.13. The smallest absolute Gasteiger partial charge is 0.0291 e. The highest BCUT2D eigenvalue weighted by molar-refractivity contribution is 8.76. The van der Waals surface area contributed by atoms with Crippen molar-refractivity contribution in [3.8, 4) is 0 Å². The van der Waals surface area contributed by atoms with Gasteiger partial charge in [0.2, 0.25) is 0 Å². The molecule has 0 radical (unpaired) electrons. The summed E-state index contributed by atoms with van der Waals surface area (Å²) in [5.41, 5.74) is 3.06. The zero-order valence-electron chi connectivity index (χ0n) is 6.25. The quantitative estimate of drug-likeness (QED) is 0.528. The summed E-state index contributed by atoms with van der Waals surface area (Å²) in [4.78, 5) is 0. The maximum atomic E-state index is 2.28. The Hall–Kier alpha value is -0.0800. The molecule has 0 fully saturated rings. The van der Waals surface area contributed by atoms with Crippen molar-refractivity contribution < 1.29 is 0 Å². The van der Waals surface area contributed by atoms with Crippen LogP contribution in [0.1, 0.15) is 6.42 Å². The largest absolute Gasteiger partial charge is 0.0890 e. The molecule has 0 atom stereocenters. The zero-order valence-corrected chi connectivity index (χ0v) is 7.88. The number of hydrogen-bond donors (Lipinski definition) is 0. The van der Waals surface area contributed by atoms with Gasteiger partial charge >= 0.3 is 0 Å². The standard InChI is InChI=1S/C9H10S2/c1-2-4-8-6-10-11-7-9(8)5-3-1/h2-5H,1,6-7H2. The van der Waals surface area contributed by atoms with Crippen LogP contribution < -0.4 is 0 Å². The maximum Gasteiger partial charge on any atom is 0.0291 e. The first-order valence-corrected chi connectivity index (χ1v) is 6.25. The van der Waals surface area contributed by atoms with Gasteiger partial charge in [0.25, 0.3) is 0 Å². The first-order valence-electron chi connectivity index (χ1n) is 3.76. The second-order valence-electron chi connectivity index (χ2n) is 2.62.